The van der Waals surface area contributed by atoms with Crippen LogP contribution in [0.15, 0.2) is 36.4 Å². The largest absolute Gasteiger partial charge is 0.497 e. The zero-order valence-electron chi connectivity index (χ0n) is 9.19. The molecule has 0 aliphatic rings. The second kappa shape index (κ2) is 4.23. The topological polar surface area (TPSA) is 35.5 Å². The molecular weight excluding hydrogens is 204 g/mol. The van der Waals surface area contributed by atoms with Gasteiger partial charge in [0.15, 0.2) is 0 Å². The normalized spacial score (nSPS) is 10.1. The highest BCUT2D eigenvalue weighted by molar-refractivity contribution is 5.85. The summed E-state index contributed by atoms with van der Waals surface area (Å²) in [5.41, 5.74) is 0. The fraction of sp³-hybridized carbons (Fsp3) is 0.154. The molecule has 2 aromatic rings. The van der Waals surface area contributed by atoms with Crippen LogP contribution in [0.5, 0.6) is 11.5 Å². The van der Waals surface area contributed by atoms with Crippen LogP contribution in [-0.2, 0) is 4.79 Å². The van der Waals surface area contributed by atoms with Crippen molar-refractivity contribution < 1.29 is 14.3 Å². The second-order valence-electron chi connectivity index (χ2n) is 3.47. The Morgan fingerprint density at radius 3 is 2.25 bits per heavy atom. The molecule has 0 spiro atoms. The van der Waals surface area contributed by atoms with E-state index in [0.717, 1.165) is 16.5 Å². The molecule has 3 nitrogen and oxygen atoms in total. The second-order valence-corrected chi connectivity index (χ2v) is 3.47. The maximum absolute atomic E-state index is 10.8. The maximum atomic E-state index is 10.8. The molecule has 3 heteroatoms. The molecule has 0 unspecified atom stereocenters. The van der Waals surface area contributed by atoms with Gasteiger partial charge in [0.05, 0.1) is 7.11 Å². The molecule has 0 saturated carbocycles. The number of hydrogen-bond donors (Lipinski definition) is 0. The minimum absolute atomic E-state index is 0.317. The van der Waals surface area contributed by atoms with Gasteiger partial charge < -0.3 is 9.47 Å². The van der Waals surface area contributed by atoms with E-state index in [-0.39, 0.29) is 5.97 Å². The number of carbonyl (C=O) groups excluding carboxylic acids is 1. The Morgan fingerprint density at radius 1 is 1.00 bits per heavy atom. The van der Waals surface area contributed by atoms with E-state index in [1.165, 1.54) is 6.92 Å². The van der Waals surface area contributed by atoms with Crippen molar-refractivity contribution in [1.82, 2.24) is 0 Å². The highest BCUT2D eigenvalue weighted by atomic mass is 16.5. The minimum Gasteiger partial charge on any atom is -0.497 e. The van der Waals surface area contributed by atoms with E-state index in [2.05, 4.69) is 0 Å². The van der Waals surface area contributed by atoms with Crippen LogP contribution in [0, 0.1) is 0 Å². The quantitative estimate of drug-likeness (QED) is 0.572. The molecule has 0 fully saturated rings. The number of hydrogen-bond acceptors (Lipinski definition) is 3. The van der Waals surface area contributed by atoms with Crippen molar-refractivity contribution in [3.8, 4) is 11.5 Å². The van der Waals surface area contributed by atoms with Gasteiger partial charge in [-0.05, 0) is 35.0 Å². The minimum atomic E-state index is -0.317. The van der Waals surface area contributed by atoms with E-state index in [1.54, 1.807) is 13.2 Å². The fourth-order valence-corrected chi connectivity index (χ4v) is 1.56. The van der Waals surface area contributed by atoms with Gasteiger partial charge in [-0.1, -0.05) is 12.1 Å². The average molecular weight is 216 g/mol. The maximum Gasteiger partial charge on any atom is 0.308 e. The molecular formula is C13H12O3. The predicted octanol–water partition coefficient (Wildman–Crippen LogP) is 2.77. The predicted molar refractivity (Wildman–Crippen MR) is 61.8 cm³/mol. The summed E-state index contributed by atoms with van der Waals surface area (Å²) in [4.78, 5) is 10.8. The van der Waals surface area contributed by atoms with Gasteiger partial charge >= 0.3 is 5.97 Å². The molecule has 82 valence electrons. The molecule has 0 heterocycles. The summed E-state index contributed by atoms with van der Waals surface area (Å²) in [6.07, 6.45) is 0. The molecule has 0 N–H and O–H groups in total. The first-order valence-corrected chi connectivity index (χ1v) is 4.95. The monoisotopic (exact) mass is 216 g/mol. The summed E-state index contributed by atoms with van der Waals surface area (Å²) < 4.78 is 10.2. The summed E-state index contributed by atoms with van der Waals surface area (Å²) in [6.45, 7) is 1.38. The van der Waals surface area contributed by atoms with Crippen LogP contribution in [0.2, 0.25) is 0 Å². The molecule has 0 aliphatic heterocycles. The van der Waals surface area contributed by atoms with Crippen LogP contribution >= 0.6 is 0 Å². The van der Waals surface area contributed by atoms with Crippen LogP contribution in [0.25, 0.3) is 10.8 Å². The molecule has 0 radical (unpaired) electrons. The SMILES string of the molecule is COc1ccc2ccc(OC(C)=O)cc2c1. The Labute approximate surface area is 93.6 Å². The smallest absolute Gasteiger partial charge is 0.308 e. The lowest BCUT2D eigenvalue weighted by molar-refractivity contribution is -0.131. The molecule has 0 amide bonds. The van der Waals surface area contributed by atoms with Crippen LogP contribution in [-0.4, -0.2) is 13.1 Å². The third-order valence-electron chi connectivity index (χ3n) is 2.28. The molecule has 0 bridgehead atoms. The Morgan fingerprint density at radius 2 is 1.62 bits per heavy atom. The van der Waals surface area contributed by atoms with Crippen LogP contribution < -0.4 is 9.47 Å². The van der Waals surface area contributed by atoms with Crippen molar-refractivity contribution in [1.29, 1.82) is 0 Å². The van der Waals surface area contributed by atoms with Crippen LogP contribution in [0.4, 0.5) is 0 Å². The zero-order valence-corrected chi connectivity index (χ0v) is 9.19. The molecule has 0 atom stereocenters. The Kier molecular flexibility index (Phi) is 2.77. The molecule has 0 saturated heterocycles. The average Bonchev–Trinajstić information content (AvgIpc) is 2.27. The molecule has 16 heavy (non-hydrogen) atoms. The number of fused-ring (bicyclic) bond motifs is 1. The van der Waals surface area contributed by atoms with Gasteiger partial charge in [0.2, 0.25) is 0 Å². The number of methoxy groups -OCH3 is 1. The van der Waals surface area contributed by atoms with Gasteiger partial charge in [0, 0.05) is 6.92 Å². The van der Waals surface area contributed by atoms with Crippen molar-refractivity contribution in [3.63, 3.8) is 0 Å². The van der Waals surface area contributed by atoms with Gasteiger partial charge in [-0.25, -0.2) is 0 Å². The van der Waals surface area contributed by atoms with E-state index in [9.17, 15) is 4.79 Å². The van der Waals surface area contributed by atoms with Crippen molar-refractivity contribution >= 4 is 16.7 Å². The first-order valence-electron chi connectivity index (χ1n) is 4.95. The third kappa shape index (κ3) is 2.14. The lowest BCUT2D eigenvalue weighted by Crippen LogP contribution is -2.00. The molecule has 0 aliphatic carbocycles. The van der Waals surface area contributed by atoms with Gasteiger partial charge in [0.1, 0.15) is 11.5 Å². The van der Waals surface area contributed by atoms with E-state index in [0.29, 0.717) is 5.75 Å². The standard InChI is InChI=1S/C13H12O3/c1-9(14)16-13-6-4-10-3-5-12(15-2)7-11(10)8-13/h3-8H,1-2H3. The lowest BCUT2D eigenvalue weighted by Gasteiger charge is -2.05. The number of ether oxygens (including phenoxy) is 2. The first kappa shape index (κ1) is 10.5. The molecule has 0 aromatic heterocycles. The lowest BCUT2D eigenvalue weighted by atomic mass is 10.1. The van der Waals surface area contributed by atoms with E-state index in [1.807, 2.05) is 30.3 Å². The zero-order chi connectivity index (χ0) is 11.5. The van der Waals surface area contributed by atoms with Crippen molar-refractivity contribution in [2.45, 2.75) is 6.92 Å². The van der Waals surface area contributed by atoms with Gasteiger partial charge in [0.25, 0.3) is 0 Å². The highest BCUT2D eigenvalue weighted by Crippen LogP contribution is 2.24. The van der Waals surface area contributed by atoms with Crippen LogP contribution in [0.3, 0.4) is 0 Å². The number of benzene rings is 2. The van der Waals surface area contributed by atoms with E-state index in [4.69, 9.17) is 9.47 Å². The van der Waals surface area contributed by atoms with Gasteiger partial charge in [-0.3, -0.25) is 4.79 Å². The third-order valence-corrected chi connectivity index (χ3v) is 2.28. The Hall–Kier alpha value is -2.03. The number of carbonyl (C=O) groups is 1. The summed E-state index contributed by atoms with van der Waals surface area (Å²) in [7, 11) is 1.62. The number of esters is 1. The van der Waals surface area contributed by atoms with E-state index < -0.39 is 0 Å². The fourth-order valence-electron chi connectivity index (χ4n) is 1.56. The molecule has 2 aromatic carbocycles. The van der Waals surface area contributed by atoms with Gasteiger partial charge in [-0.15, -0.1) is 0 Å². The first-order chi connectivity index (χ1) is 7.69. The summed E-state index contributed by atoms with van der Waals surface area (Å²) >= 11 is 0. The Bertz CT molecular complexity index is 532. The Balaban J connectivity index is 2.46. The van der Waals surface area contributed by atoms with Crippen molar-refractivity contribution in [2.75, 3.05) is 7.11 Å². The van der Waals surface area contributed by atoms with Gasteiger partial charge in [-0.2, -0.15) is 0 Å². The summed E-state index contributed by atoms with van der Waals surface area (Å²) in [6, 6.07) is 11.3. The summed E-state index contributed by atoms with van der Waals surface area (Å²) in [5.74, 6) is 1.02. The highest BCUT2D eigenvalue weighted by Gasteiger charge is 2.01. The van der Waals surface area contributed by atoms with Crippen molar-refractivity contribution in [2.24, 2.45) is 0 Å². The summed E-state index contributed by atoms with van der Waals surface area (Å²) in [5, 5.41) is 2.06. The van der Waals surface area contributed by atoms with E-state index >= 15 is 0 Å². The van der Waals surface area contributed by atoms with Crippen LogP contribution in [0.1, 0.15) is 6.92 Å². The number of rotatable bonds is 2. The van der Waals surface area contributed by atoms with Crippen molar-refractivity contribution in [3.05, 3.63) is 36.4 Å². The molecule has 2 rings (SSSR count).